The van der Waals surface area contributed by atoms with E-state index in [1.165, 1.54) is 4.90 Å². The van der Waals surface area contributed by atoms with Crippen molar-refractivity contribution in [2.24, 2.45) is 0 Å². The zero-order valence-electron chi connectivity index (χ0n) is 17.7. The number of piperidine rings is 1. The van der Waals surface area contributed by atoms with Crippen molar-refractivity contribution in [1.29, 1.82) is 5.41 Å². The van der Waals surface area contributed by atoms with E-state index in [4.69, 9.17) is 9.83 Å². The summed E-state index contributed by atoms with van der Waals surface area (Å²) in [5.74, 6) is -0.0927. The van der Waals surface area contributed by atoms with Gasteiger partial charge in [0, 0.05) is 46.3 Å². The highest BCUT2D eigenvalue weighted by Gasteiger charge is 2.49. The first-order chi connectivity index (χ1) is 14.9. The zero-order chi connectivity index (χ0) is 21.8. The lowest BCUT2D eigenvalue weighted by atomic mass is 9.67. The lowest BCUT2D eigenvalue weighted by molar-refractivity contribution is -0.131. The van der Waals surface area contributed by atoms with E-state index in [1.54, 1.807) is 24.6 Å². The summed E-state index contributed by atoms with van der Waals surface area (Å²) in [4.78, 5) is 20.6. The highest BCUT2D eigenvalue weighted by Crippen LogP contribution is 2.49. The number of carbonyl (C=O) groups excluding carboxylic acids is 1. The third-order valence-corrected chi connectivity index (χ3v) is 7.55. The highest BCUT2D eigenvalue weighted by atomic mass is 32.1. The predicted octanol–water partition coefficient (Wildman–Crippen LogP) is 5.75. The van der Waals surface area contributed by atoms with Crippen LogP contribution in [0, 0.1) is 12.3 Å². The molecule has 3 aromatic heterocycles. The minimum absolute atomic E-state index is 0.0507. The van der Waals surface area contributed by atoms with E-state index in [0.29, 0.717) is 12.3 Å². The Morgan fingerprint density at radius 1 is 1.23 bits per heavy atom. The quantitative estimate of drug-likeness (QED) is 0.451. The lowest BCUT2D eigenvalue weighted by Crippen LogP contribution is -2.51. The second-order valence-electron chi connectivity index (χ2n) is 8.51. The van der Waals surface area contributed by atoms with Crippen LogP contribution in [0.1, 0.15) is 35.3 Å². The Kier molecular flexibility index (Phi) is 4.55. The summed E-state index contributed by atoms with van der Waals surface area (Å²) < 4.78 is 5.49. The van der Waals surface area contributed by atoms with Crippen LogP contribution in [0.15, 0.2) is 64.7 Å². The van der Waals surface area contributed by atoms with E-state index in [1.807, 2.05) is 36.5 Å². The molecule has 1 aliphatic heterocycles. The Balaban J connectivity index is 1.63. The van der Waals surface area contributed by atoms with E-state index in [2.05, 4.69) is 36.3 Å². The Morgan fingerprint density at radius 3 is 2.87 bits per heavy atom. The molecular formula is C25H23N3O2S. The molecule has 4 aromatic rings. The molecule has 156 valence electrons. The van der Waals surface area contributed by atoms with Gasteiger partial charge in [0.05, 0.1) is 17.9 Å². The summed E-state index contributed by atoms with van der Waals surface area (Å²) in [7, 11) is 1.70. The van der Waals surface area contributed by atoms with Crippen molar-refractivity contribution >= 4 is 34.0 Å². The van der Waals surface area contributed by atoms with Crippen molar-refractivity contribution in [3.05, 3.63) is 76.3 Å². The van der Waals surface area contributed by atoms with Gasteiger partial charge >= 0.3 is 0 Å². The number of nitrogens with zero attached hydrogens (tertiary/aromatic N) is 2. The molecule has 0 unspecified atom stereocenters. The first-order valence-corrected chi connectivity index (χ1v) is 11.1. The van der Waals surface area contributed by atoms with E-state index in [-0.39, 0.29) is 11.8 Å². The molecule has 0 saturated carbocycles. The largest absolute Gasteiger partial charge is 0.464 e. The summed E-state index contributed by atoms with van der Waals surface area (Å²) in [6.45, 7) is 4.16. The third-order valence-electron chi connectivity index (χ3n) is 6.34. The first-order valence-electron chi connectivity index (χ1n) is 10.2. The van der Waals surface area contributed by atoms with Crippen LogP contribution >= 0.6 is 11.3 Å². The van der Waals surface area contributed by atoms with Gasteiger partial charge in [0.25, 0.3) is 0 Å². The van der Waals surface area contributed by atoms with E-state index >= 15 is 0 Å². The Labute approximate surface area is 184 Å². The molecule has 1 N–H and O–H groups in total. The SMILES string of the molecule is Cc1ccnc(-c2csc([C@@]3(C)CC(=N)N(C)C(=O)[C@H]3c3ccc4occc4c3)c2)c1. The maximum Gasteiger partial charge on any atom is 0.236 e. The molecule has 1 saturated heterocycles. The van der Waals surface area contributed by atoms with Crippen LogP contribution in [0.2, 0.25) is 0 Å². The third kappa shape index (κ3) is 3.18. The summed E-state index contributed by atoms with van der Waals surface area (Å²) in [6, 6.07) is 14.1. The zero-order valence-corrected chi connectivity index (χ0v) is 18.5. The Morgan fingerprint density at radius 2 is 2.06 bits per heavy atom. The maximum atomic E-state index is 13.5. The first kappa shape index (κ1) is 19.7. The topological polar surface area (TPSA) is 70.2 Å². The summed E-state index contributed by atoms with van der Waals surface area (Å²) in [6.07, 6.45) is 3.98. The number of hydrogen-bond donors (Lipinski definition) is 1. The van der Waals surface area contributed by atoms with Crippen LogP contribution in [-0.2, 0) is 10.2 Å². The average Bonchev–Trinajstić information content (AvgIpc) is 3.42. The number of amides is 1. The van der Waals surface area contributed by atoms with Gasteiger partial charge in [0.15, 0.2) is 0 Å². The lowest BCUT2D eigenvalue weighted by Gasteiger charge is -2.44. The fourth-order valence-corrected chi connectivity index (χ4v) is 5.63. The van der Waals surface area contributed by atoms with Crippen molar-refractivity contribution in [3.63, 3.8) is 0 Å². The summed E-state index contributed by atoms with van der Waals surface area (Å²) in [5.41, 5.74) is 4.36. The van der Waals surface area contributed by atoms with E-state index < -0.39 is 5.41 Å². The van der Waals surface area contributed by atoms with Crippen LogP contribution in [0.4, 0.5) is 0 Å². The number of likely N-dealkylation sites (N-methyl/N-ethyl adjacent to an activating group) is 1. The minimum Gasteiger partial charge on any atom is -0.464 e. The molecule has 5 rings (SSSR count). The number of amidine groups is 1. The fraction of sp³-hybridized carbons (Fsp3) is 0.240. The second kappa shape index (κ2) is 7.17. The van der Waals surface area contributed by atoms with Crippen molar-refractivity contribution in [2.75, 3.05) is 7.05 Å². The fourth-order valence-electron chi connectivity index (χ4n) is 4.54. The number of hydrogen-bond acceptors (Lipinski definition) is 5. The summed E-state index contributed by atoms with van der Waals surface area (Å²) >= 11 is 1.64. The monoisotopic (exact) mass is 429 g/mol. The number of fused-ring (bicyclic) bond motifs is 1. The highest BCUT2D eigenvalue weighted by molar-refractivity contribution is 7.10. The smallest absolute Gasteiger partial charge is 0.236 e. The van der Waals surface area contributed by atoms with Gasteiger partial charge in [-0.3, -0.25) is 15.2 Å². The normalized spacial score (nSPS) is 21.8. The van der Waals surface area contributed by atoms with Gasteiger partial charge in [-0.05, 0) is 54.4 Å². The van der Waals surface area contributed by atoms with E-state index in [9.17, 15) is 4.79 Å². The van der Waals surface area contributed by atoms with Gasteiger partial charge < -0.3 is 9.32 Å². The second-order valence-corrected chi connectivity index (χ2v) is 9.42. The number of nitrogens with one attached hydrogen (secondary N) is 1. The molecule has 0 bridgehead atoms. The molecule has 2 atom stereocenters. The van der Waals surface area contributed by atoms with Gasteiger partial charge in [-0.25, -0.2) is 0 Å². The molecule has 0 aliphatic carbocycles. The molecule has 1 aliphatic rings. The number of thiophene rings is 1. The Bertz CT molecular complexity index is 1320. The van der Waals surface area contributed by atoms with E-state index in [0.717, 1.165) is 38.2 Å². The molecule has 1 amide bonds. The number of pyridine rings is 1. The molecule has 6 heteroatoms. The Hall–Kier alpha value is -3.25. The van der Waals surface area contributed by atoms with Gasteiger partial charge in [-0.15, -0.1) is 11.3 Å². The number of rotatable bonds is 3. The number of aryl methyl sites for hydroxylation is 1. The standard InChI is InChI=1S/C25H23N3O2S/c1-15-6-8-27-19(10-15)18-12-21(31-14-18)25(2)13-22(26)28(3)24(29)23(25)17-4-5-20-16(11-17)7-9-30-20/h4-12,14,23,26H,13H2,1-3H3/t23-,25-/m1/s1. The number of furan rings is 1. The minimum atomic E-state index is -0.523. The number of aromatic nitrogens is 1. The van der Waals surface area contributed by atoms with Gasteiger partial charge in [-0.2, -0.15) is 0 Å². The van der Waals surface area contributed by atoms with Crippen molar-refractivity contribution in [2.45, 2.75) is 31.6 Å². The average molecular weight is 430 g/mol. The molecule has 0 radical (unpaired) electrons. The van der Waals surface area contributed by atoms with Crippen LogP contribution in [0.25, 0.3) is 22.2 Å². The van der Waals surface area contributed by atoms with Crippen molar-refractivity contribution in [1.82, 2.24) is 9.88 Å². The van der Waals surface area contributed by atoms with Crippen LogP contribution in [-0.4, -0.2) is 28.7 Å². The number of benzene rings is 1. The van der Waals surface area contributed by atoms with Gasteiger partial charge in [-0.1, -0.05) is 13.0 Å². The van der Waals surface area contributed by atoms with Crippen LogP contribution < -0.4 is 0 Å². The predicted molar refractivity (Wildman–Crippen MR) is 124 cm³/mol. The van der Waals surface area contributed by atoms with Crippen LogP contribution in [0.5, 0.6) is 0 Å². The van der Waals surface area contributed by atoms with Crippen LogP contribution in [0.3, 0.4) is 0 Å². The molecule has 31 heavy (non-hydrogen) atoms. The van der Waals surface area contributed by atoms with Gasteiger partial charge in [0.2, 0.25) is 5.91 Å². The molecule has 1 aromatic carbocycles. The number of carbonyl (C=O) groups is 1. The molecule has 0 spiro atoms. The molecule has 5 nitrogen and oxygen atoms in total. The summed E-state index contributed by atoms with van der Waals surface area (Å²) in [5, 5.41) is 11.6. The molecule has 1 fully saturated rings. The van der Waals surface area contributed by atoms with Crippen molar-refractivity contribution in [3.8, 4) is 11.3 Å². The molecular weight excluding hydrogens is 406 g/mol. The maximum absolute atomic E-state index is 13.5. The van der Waals surface area contributed by atoms with Gasteiger partial charge in [0.1, 0.15) is 11.4 Å². The molecule has 4 heterocycles. The number of likely N-dealkylation sites (tertiary alicyclic amines) is 1. The van der Waals surface area contributed by atoms with Crippen molar-refractivity contribution < 1.29 is 9.21 Å².